The lowest BCUT2D eigenvalue weighted by atomic mass is 9.84. The standard InChI is InChI=1S/C17H23N3O/c1-17(2,3)14-7-5-4-6-13(14)16-20-19-15(21-16)10-11-18-12-8-9-12/h4-7,12,18H,8-11H2,1-3H3. The molecule has 4 nitrogen and oxygen atoms in total. The number of benzene rings is 1. The van der Waals surface area contributed by atoms with Gasteiger partial charge >= 0.3 is 0 Å². The minimum Gasteiger partial charge on any atom is -0.421 e. The van der Waals surface area contributed by atoms with E-state index in [1.54, 1.807) is 0 Å². The van der Waals surface area contributed by atoms with Gasteiger partial charge in [-0.25, -0.2) is 0 Å². The summed E-state index contributed by atoms with van der Waals surface area (Å²) in [7, 11) is 0. The summed E-state index contributed by atoms with van der Waals surface area (Å²) in [6.45, 7) is 7.50. The van der Waals surface area contributed by atoms with Crippen LogP contribution < -0.4 is 5.32 Å². The van der Waals surface area contributed by atoms with Crippen molar-refractivity contribution in [1.82, 2.24) is 15.5 Å². The highest BCUT2D eigenvalue weighted by atomic mass is 16.4. The van der Waals surface area contributed by atoms with E-state index in [-0.39, 0.29) is 5.41 Å². The third-order valence-corrected chi connectivity index (χ3v) is 3.78. The Labute approximate surface area is 126 Å². The average molecular weight is 285 g/mol. The number of nitrogens with one attached hydrogen (secondary N) is 1. The van der Waals surface area contributed by atoms with Gasteiger partial charge < -0.3 is 9.73 Å². The predicted octanol–water partition coefficient (Wildman–Crippen LogP) is 3.33. The van der Waals surface area contributed by atoms with Crippen LogP contribution in [-0.4, -0.2) is 22.8 Å². The molecule has 1 N–H and O–H groups in total. The molecule has 0 saturated heterocycles. The number of hydrogen-bond acceptors (Lipinski definition) is 4. The van der Waals surface area contributed by atoms with Gasteiger partial charge in [-0.3, -0.25) is 0 Å². The van der Waals surface area contributed by atoms with E-state index in [1.807, 2.05) is 6.07 Å². The van der Waals surface area contributed by atoms with Crippen LogP contribution in [0.2, 0.25) is 0 Å². The lowest BCUT2D eigenvalue weighted by molar-refractivity contribution is 0.491. The van der Waals surface area contributed by atoms with E-state index in [0.717, 1.165) is 18.5 Å². The molecule has 4 heteroatoms. The molecule has 0 amide bonds. The molecule has 0 aliphatic heterocycles. The van der Waals surface area contributed by atoms with Crippen molar-refractivity contribution in [3.05, 3.63) is 35.7 Å². The van der Waals surface area contributed by atoms with Crippen molar-refractivity contribution in [1.29, 1.82) is 0 Å². The van der Waals surface area contributed by atoms with E-state index in [1.165, 1.54) is 18.4 Å². The summed E-state index contributed by atoms with van der Waals surface area (Å²) in [6.07, 6.45) is 3.39. The third-order valence-electron chi connectivity index (χ3n) is 3.78. The van der Waals surface area contributed by atoms with Crippen LogP contribution in [-0.2, 0) is 11.8 Å². The highest BCUT2D eigenvalue weighted by molar-refractivity contribution is 5.60. The maximum atomic E-state index is 5.85. The minimum absolute atomic E-state index is 0.0543. The molecule has 2 aromatic rings. The van der Waals surface area contributed by atoms with Crippen LogP contribution >= 0.6 is 0 Å². The molecule has 0 atom stereocenters. The van der Waals surface area contributed by atoms with Gasteiger partial charge in [-0.05, 0) is 29.9 Å². The quantitative estimate of drug-likeness (QED) is 0.915. The molecule has 0 bridgehead atoms. The average Bonchev–Trinajstić information content (AvgIpc) is 3.14. The highest BCUT2D eigenvalue weighted by Crippen LogP contribution is 2.32. The normalized spacial score (nSPS) is 15.4. The van der Waals surface area contributed by atoms with Crippen molar-refractivity contribution < 1.29 is 4.42 Å². The first-order valence-electron chi connectivity index (χ1n) is 7.70. The van der Waals surface area contributed by atoms with Gasteiger partial charge in [0, 0.05) is 24.6 Å². The first-order chi connectivity index (χ1) is 10.0. The van der Waals surface area contributed by atoms with Crippen molar-refractivity contribution >= 4 is 0 Å². The molecular weight excluding hydrogens is 262 g/mol. The van der Waals surface area contributed by atoms with Crippen molar-refractivity contribution in [3.8, 4) is 11.5 Å². The fourth-order valence-corrected chi connectivity index (χ4v) is 2.46. The summed E-state index contributed by atoms with van der Waals surface area (Å²) in [5.74, 6) is 1.34. The summed E-state index contributed by atoms with van der Waals surface area (Å²) in [6, 6.07) is 8.98. The Kier molecular flexibility index (Phi) is 3.81. The van der Waals surface area contributed by atoms with Crippen LogP contribution in [0.15, 0.2) is 28.7 Å². The second-order valence-electron chi connectivity index (χ2n) is 6.77. The SMILES string of the molecule is CC(C)(C)c1ccccc1-c1nnc(CCNC2CC2)o1. The van der Waals surface area contributed by atoms with Gasteiger partial charge in [-0.2, -0.15) is 0 Å². The Morgan fingerprint density at radius 1 is 1.19 bits per heavy atom. The predicted molar refractivity (Wildman–Crippen MR) is 83.2 cm³/mol. The second-order valence-corrected chi connectivity index (χ2v) is 6.77. The van der Waals surface area contributed by atoms with Crippen LogP contribution in [0.25, 0.3) is 11.5 Å². The zero-order valence-electron chi connectivity index (χ0n) is 13.0. The molecule has 1 aliphatic carbocycles. The van der Waals surface area contributed by atoms with Gasteiger partial charge in [0.2, 0.25) is 11.8 Å². The molecule has 0 unspecified atom stereocenters. The van der Waals surface area contributed by atoms with E-state index >= 15 is 0 Å². The summed E-state index contributed by atoms with van der Waals surface area (Å²) >= 11 is 0. The monoisotopic (exact) mass is 285 g/mol. The van der Waals surface area contributed by atoms with Crippen LogP contribution in [0.3, 0.4) is 0 Å². The maximum Gasteiger partial charge on any atom is 0.248 e. The van der Waals surface area contributed by atoms with E-state index in [2.05, 4.69) is 54.5 Å². The fourth-order valence-electron chi connectivity index (χ4n) is 2.46. The minimum atomic E-state index is 0.0543. The molecule has 112 valence electrons. The van der Waals surface area contributed by atoms with Gasteiger partial charge in [-0.15, -0.1) is 10.2 Å². The van der Waals surface area contributed by atoms with E-state index < -0.39 is 0 Å². The number of aromatic nitrogens is 2. The largest absolute Gasteiger partial charge is 0.421 e. The highest BCUT2D eigenvalue weighted by Gasteiger charge is 2.22. The molecule has 1 fully saturated rings. The lowest BCUT2D eigenvalue weighted by Gasteiger charge is -2.21. The molecule has 21 heavy (non-hydrogen) atoms. The molecule has 1 heterocycles. The first kappa shape index (κ1) is 14.3. The Hall–Kier alpha value is -1.68. The fraction of sp³-hybridized carbons (Fsp3) is 0.529. The molecule has 1 aliphatic rings. The molecule has 3 rings (SSSR count). The number of hydrogen-bond donors (Lipinski definition) is 1. The number of nitrogens with zero attached hydrogens (tertiary/aromatic N) is 2. The maximum absolute atomic E-state index is 5.85. The van der Waals surface area contributed by atoms with Crippen LogP contribution in [0.4, 0.5) is 0 Å². The van der Waals surface area contributed by atoms with Gasteiger partial charge in [0.25, 0.3) is 0 Å². The molecule has 0 spiro atoms. The zero-order chi connectivity index (χ0) is 14.9. The van der Waals surface area contributed by atoms with Gasteiger partial charge in [0.15, 0.2) is 0 Å². The Morgan fingerprint density at radius 2 is 1.95 bits per heavy atom. The lowest BCUT2D eigenvalue weighted by Crippen LogP contribution is -2.19. The van der Waals surface area contributed by atoms with Crippen molar-refractivity contribution in [3.63, 3.8) is 0 Å². The summed E-state index contributed by atoms with van der Waals surface area (Å²) in [5, 5.41) is 11.9. The summed E-state index contributed by atoms with van der Waals surface area (Å²) < 4.78 is 5.85. The second kappa shape index (κ2) is 5.60. The van der Waals surface area contributed by atoms with Gasteiger partial charge in [-0.1, -0.05) is 39.0 Å². The van der Waals surface area contributed by atoms with E-state index in [9.17, 15) is 0 Å². The third kappa shape index (κ3) is 3.50. The topological polar surface area (TPSA) is 51.0 Å². The molecule has 1 aromatic carbocycles. The molecule has 0 radical (unpaired) electrons. The Balaban J connectivity index is 1.76. The van der Waals surface area contributed by atoms with E-state index in [0.29, 0.717) is 17.8 Å². The van der Waals surface area contributed by atoms with E-state index in [4.69, 9.17) is 4.42 Å². The van der Waals surface area contributed by atoms with Crippen LogP contribution in [0.5, 0.6) is 0 Å². The Bertz CT molecular complexity index is 608. The molecule has 1 saturated carbocycles. The zero-order valence-corrected chi connectivity index (χ0v) is 13.0. The van der Waals surface area contributed by atoms with Gasteiger partial charge in [0.05, 0.1) is 0 Å². The van der Waals surface area contributed by atoms with Crippen LogP contribution in [0.1, 0.15) is 45.1 Å². The molecule has 1 aromatic heterocycles. The first-order valence-corrected chi connectivity index (χ1v) is 7.70. The summed E-state index contributed by atoms with van der Waals surface area (Å²) in [5.41, 5.74) is 2.33. The molecular formula is C17H23N3O. The van der Waals surface area contributed by atoms with Crippen molar-refractivity contribution in [2.75, 3.05) is 6.54 Å². The van der Waals surface area contributed by atoms with Crippen LogP contribution in [0, 0.1) is 0 Å². The number of rotatable bonds is 5. The smallest absolute Gasteiger partial charge is 0.248 e. The van der Waals surface area contributed by atoms with Gasteiger partial charge in [0.1, 0.15) is 0 Å². The Morgan fingerprint density at radius 3 is 2.67 bits per heavy atom. The van der Waals surface area contributed by atoms with Crippen molar-refractivity contribution in [2.24, 2.45) is 0 Å². The summed E-state index contributed by atoms with van der Waals surface area (Å²) in [4.78, 5) is 0. The van der Waals surface area contributed by atoms with Crippen molar-refractivity contribution in [2.45, 2.75) is 51.5 Å².